The van der Waals surface area contributed by atoms with Gasteiger partial charge < -0.3 is 9.64 Å². The number of benzene rings is 1. The monoisotopic (exact) mass is 289 g/mol. The molecule has 1 amide bonds. The van der Waals surface area contributed by atoms with Gasteiger partial charge in [0.15, 0.2) is 0 Å². The Morgan fingerprint density at radius 1 is 1.05 bits per heavy atom. The third kappa shape index (κ3) is 3.63. The fourth-order valence-electron chi connectivity index (χ4n) is 2.87. The maximum absolute atomic E-state index is 12.5. The van der Waals surface area contributed by atoms with Crippen LogP contribution in [0.15, 0.2) is 24.3 Å². The second-order valence-corrected chi connectivity index (χ2v) is 5.90. The molecule has 1 aliphatic carbocycles. The van der Waals surface area contributed by atoms with Crippen molar-refractivity contribution >= 4 is 11.9 Å². The van der Waals surface area contributed by atoms with Crippen LogP contribution in [0.3, 0.4) is 0 Å². The molecule has 0 bridgehead atoms. The molecule has 0 aliphatic heterocycles. The Balaban J connectivity index is 2.03. The normalized spacial score (nSPS) is 21.7. The van der Waals surface area contributed by atoms with Gasteiger partial charge >= 0.3 is 5.97 Å². The Bertz CT molecular complexity index is 501. The number of carbonyl (C=O) groups excluding carboxylic acids is 2. The maximum atomic E-state index is 12.5. The molecule has 0 spiro atoms. The van der Waals surface area contributed by atoms with Crippen molar-refractivity contribution in [3.63, 3.8) is 0 Å². The average Bonchev–Trinajstić information content (AvgIpc) is 2.53. The Kier molecular flexibility index (Phi) is 4.99. The summed E-state index contributed by atoms with van der Waals surface area (Å²) in [6.45, 7) is 2.27. The van der Waals surface area contributed by atoms with E-state index in [-0.39, 0.29) is 11.9 Å². The molecule has 0 saturated heterocycles. The summed E-state index contributed by atoms with van der Waals surface area (Å²) in [4.78, 5) is 25.7. The van der Waals surface area contributed by atoms with Gasteiger partial charge in [-0.05, 0) is 55.9 Å². The van der Waals surface area contributed by atoms with E-state index in [1.165, 1.54) is 20.0 Å². The molecule has 0 atom stereocenters. The lowest BCUT2D eigenvalue weighted by atomic mass is 9.86. The smallest absolute Gasteiger partial charge is 0.337 e. The van der Waals surface area contributed by atoms with Crippen LogP contribution in [-0.2, 0) is 4.74 Å². The number of hydrogen-bond acceptors (Lipinski definition) is 3. The molecule has 1 fully saturated rings. The third-order valence-corrected chi connectivity index (χ3v) is 4.41. The van der Waals surface area contributed by atoms with Crippen molar-refractivity contribution in [1.29, 1.82) is 0 Å². The lowest BCUT2D eigenvalue weighted by Gasteiger charge is -2.33. The fourth-order valence-corrected chi connectivity index (χ4v) is 2.87. The molecule has 21 heavy (non-hydrogen) atoms. The lowest BCUT2D eigenvalue weighted by molar-refractivity contribution is 0.0599. The van der Waals surface area contributed by atoms with Crippen LogP contribution in [0.25, 0.3) is 0 Å². The van der Waals surface area contributed by atoms with Gasteiger partial charge in [0.1, 0.15) is 0 Å². The van der Waals surface area contributed by atoms with Crippen LogP contribution in [0.4, 0.5) is 0 Å². The molecule has 0 aromatic heterocycles. The summed E-state index contributed by atoms with van der Waals surface area (Å²) in [5.41, 5.74) is 1.08. The zero-order valence-corrected chi connectivity index (χ0v) is 13.0. The molecular weight excluding hydrogens is 266 g/mol. The number of nitrogens with zero attached hydrogens (tertiary/aromatic N) is 1. The third-order valence-electron chi connectivity index (χ3n) is 4.41. The van der Waals surface area contributed by atoms with E-state index in [0.717, 1.165) is 18.8 Å². The first-order valence-electron chi connectivity index (χ1n) is 7.48. The molecule has 0 heterocycles. The molecule has 2 rings (SSSR count). The first kappa shape index (κ1) is 15.5. The summed E-state index contributed by atoms with van der Waals surface area (Å²) < 4.78 is 4.65. The predicted molar refractivity (Wildman–Crippen MR) is 81.3 cm³/mol. The maximum Gasteiger partial charge on any atom is 0.337 e. The van der Waals surface area contributed by atoms with Crippen LogP contribution in [0.2, 0.25) is 0 Å². The fraction of sp³-hybridized carbons (Fsp3) is 0.529. The van der Waals surface area contributed by atoms with Crippen LogP contribution < -0.4 is 0 Å². The van der Waals surface area contributed by atoms with Crippen LogP contribution >= 0.6 is 0 Å². The van der Waals surface area contributed by atoms with E-state index < -0.39 is 0 Å². The highest BCUT2D eigenvalue weighted by molar-refractivity contribution is 5.96. The van der Waals surface area contributed by atoms with Crippen LogP contribution in [0.5, 0.6) is 0 Å². The SMILES string of the molecule is COC(=O)c1ccc(C(=O)N(C)C2CCC(C)CC2)cc1. The molecular formula is C17H23NO3. The summed E-state index contributed by atoms with van der Waals surface area (Å²) in [5, 5.41) is 0. The number of ether oxygens (including phenoxy) is 1. The van der Waals surface area contributed by atoms with Crippen molar-refractivity contribution in [1.82, 2.24) is 4.90 Å². The van der Waals surface area contributed by atoms with Crippen molar-refractivity contribution in [2.75, 3.05) is 14.2 Å². The Hall–Kier alpha value is -1.84. The zero-order valence-electron chi connectivity index (χ0n) is 13.0. The minimum atomic E-state index is -0.386. The van der Waals surface area contributed by atoms with Gasteiger partial charge in [-0.2, -0.15) is 0 Å². The lowest BCUT2D eigenvalue weighted by Crippen LogP contribution is -2.39. The van der Waals surface area contributed by atoms with Crippen LogP contribution in [0.1, 0.15) is 53.3 Å². The minimum absolute atomic E-state index is 0.0194. The molecule has 4 nitrogen and oxygen atoms in total. The van der Waals surface area contributed by atoms with E-state index in [0.29, 0.717) is 17.2 Å². The molecule has 4 heteroatoms. The number of hydrogen-bond donors (Lipinski definition) is 0. The molecule has 0 N–H and O–H groups in total. The molecule has 1 aromatic carbocycles. The Morgan fingerprint density at radius 3 is 2.10 bits per heavy atom. The van der Waals surface area contributed by atoms with Crippen molar-refractivity contribution in [2.45, 2.75) is 38.6 Å². The second kappa shape index (κ2) is 6.74. The predicted octanol–water partition coefficient (Wildman–Crippen LogP) is 3.12. The van der Waals surface area contributed by atoms with E-state index in [1.807, 2.05) is 11.9 Å². The van der Waals surface area contributed by atoms with E-state index in [4.69, 9.17) is 0 Å². The Morgan fingerprint density at radius 2 is 1.57 bits per heavy atom. The standard InChI is InChI=1S/C17H23NO3/c1-12-4-10-15(11-5-12)18(2)16(19)13-6-8-14(9-7-13)17(20)21-3/h6-9,12,15H,4-5,10-11H2,1-3H3. The van der Waals surface area contributed by atoms with Gasteiger partial charge in [-0.25, -0.2) is 4.79 Å². The van der Waals surface area contributed by atoms with Crippen molar-refractivity contribution in [3.05, 3.63) is 35.4 Å². The molecule has 0 unspecified atom stereocenters. The number of esters is 1. The van der Waals surface area contributed by atoms with E-state index >= 15 is 0 Å². The van der Waals surface area contributed by atoms with Gasteiger partial charge in [-0.3, -0.25) is 4.79 Å². The topological polar surface area (TPSA) is 46.6 Å². The largest absolute Gasteiger partial charge is 0.465 e. The first-order valence-corrected chi connectivity index (χ1v) is 7.48. The van der Waals surface area contributed by atoms with E-state index in [9.17, 15) is 9.59 Å². The van der Waals surface area contributed by atoms with Gasteiger partial charge in [0.25, 0.3) is 5.91 Å². The summed E-state index contributed by atoms with van der Waals surface area (Å²) in [7, 11) is 3.22. The van der Waals surface area contributed by atoms with Crippen molar-refractivity contribution < 1.29 is 14.3 Å². The number of amides is 1. The summed E-state index contributed by atoms with van der Waals surface area (Å²) >= 11 is 0. The van der Waals surface area contributed by atoms with E-state index in [1.54, 1.807) is 24.3 Å². The molecule has 1 aliphatic rings. The molecule has 114 valence electrons. The van der Waals surface area contributed by atoms with E-state index in [2.05, 4.69) is 11.7 Å². The zero-order chi connectivity index (χ0) is 15.4. The minimum Gasteiger partial charge on any atom is -0.465 e. The quantitative estimate of drug-likeness (QED) is 0.803. The van der Waals surface area contributed by atoms with Gasteiger partial charge in [0.2, 0.25) is 0 Å². The number of methoxy groups -OCH3 is 1. The van der Waals surface area contributed by atoms with Gasteiger partial charge in [-0.15, -0.1) is 0 Å². The summed E-state index contributed by atoms with van der Waals surface area (Å²) in [5.74, 6) is 0.402. The molecule has 0 radical (unpaired) electrons. The highest BCUT2D eigenvalue weighted by Crippen LogP contribution is 2.27. The van der Waals surface area contributed by atoms with Crippen LogP contribution in [0, 0.1) is 5.92 Å². The number of carbonyl (C=O) groups is 2. The summed E-state index contributed by atoms with van der Waals surface area (Å²) in [6, 6.07) is 6.98. The highest BCUT2D eigenvalue weighted by Gasteiger charge is 2.25. The molecule has 1 aromatic rings. The Labute approximate surface area is 126 Å². The van der Waals surface area contributed by atoms with Crippen LogP contribution in [-0.4, -0.2) is 37.0 Å². The number of rotatable bonds is 3. The highest BCUT2D eigenvalue weighted by atomic mass is 16.5. The van der Waals surface area contributed by atoms with Crippen molar-refractivity contribution in [3.8, 4) is 0 Å². The summed E-state index contributed by atoms with van der Waals surface area (Å²) in [6.07, 6.45) is 4.51. The molecule has 1 saturated carbocycles. The first-order chi connectivity index (χ1) is 10.0. The van der Waals surface area contributed by atoms with Gasteiger partial charge in [0.05, 0.1) is 12.7 Å². The van der Waals surface area contributed by atoms with Gasteiger partial charge in [0, 0.05) is 18.7 Å². The average molecular weight is 289 g/mol. The van der Waals surface area contributed by atoms with Crippen molar-refractivity contribution in [2.24, 2.45) is 5.92 Å². The second-order valence-electron chi connectivity index (χ2n) is 5.90. The van der Waals surface area contributed by atoms with Gasteiger partial charge in [-0.1, -0.05) is 6.92 Å².